The maximum absolute atomic E-state index is 11.3. The van der Waals surface area contributed by atoms with Crippen LogP contribution in [-0.4, -0.2) is 47.5 Å². The Morgan fingerprint density at radius 2 is 2.00 bits per heavy atom. The van der Waals surface area contributed by atoms with E-state index in [0.717, 1.165) is 5.75 Å². The highest BCUT2D eigenvalue weighted by Gasteiger charge is 2.07. The average Bonchev–Trinajstić information content (AvgIpc) is 2.13. The van der Waals surface area contributed by atoms with Crippen LogP contribution in [-0.2, 0) is 9.59 Å². The summed E-state index contributed by atoms with van der Waals surface area (Å²) in [5, 5.41) is 8.40. The molecule has 0 saturated heterocycles. The molecule has 0 atom stereocenters. The minimum atomic E-state index is -0.810. The van der Waals surface area contributed by atoms with E-state index in [1.165, 1.54) is 0 Å². The van der Waals surface area contributed by atoms with Crippen molar-refractivity contribution in [2.24, 2.45) is 0 Å². The average molecular weight is 219 g/mol. The van der Waals surface area contributed by atoms with Gasteiger partial charge in [0, 0.05) is 32.2 Å². The van der Waals surface area contributed by atoms with E-state index in [9.17, 15) is 9.59 Å². The molecule has 0 aromatic heterocycles. The molecule has 82 valence electrons. The van der Waals surface area contributed by atoms with Crippen LogP contribution < -0.4 is 0 Å². The third-order valence-electron chi connectivity index (χ3n) is 1.83. The van der Waals surface area contributed by atoms with Crippen molar-refractivity contribution >= 4 is 23.6 Å². The van der Waals surface area contributed by atoms with E-state index in [4.69, 9.17) is 5.11 Å². The predicted molar refractivity (Wildman–Crippen MR) is 57.5 cm³/mol. The molecule has 0 aromatic carbocycles. The number of aliphatic carboxylic acids is 1. The number of carboxylic acids is 1. The number of carboxylic acid groups (broad SMARTS) is 1. The molecule has 5 heteroatoms. The summed E-state index contributed by atoms with van der Waals surface area (Å²) < 4.78 is 0. The zero-order valence-electron chi connectivity index (χ0n) is 8.65. The van der Waals surface area contributed by atoms with Gasteiger partial charge < -0.3 is 10.0 Å². The van der Waals surface area contributed by atoms with Crippen LogP contribution in [0.3, 0.4) is 0 Å². The van der Waals surface area contributed by atoms with E-state index in [0.29, 0.717) is 19.4 Å². The Morgan fingerprint density at radius 1 is 1.36 bits per heavy atom. The quantitative estimate of drug-likeness (QED) is 0.695. The van der Waals surface area contributed by atoms with Crippen LogP contribution in [0.25, 0.3) is 0 Å². The Labute approximate surface area is 88.7 Å². The summed E-state index contributed by atoms with van der Waals surface area (Å²) in [7, 11) is 1.71. The van der Waals surface area contributed by atoms with E-state index in [1.807, 2.05) is 6.26 Å². The van der Waals surface area contributed by atoms with Crippen LogP contribution in [0, 0.1) is 0 Å². The number of hydrogen-bond acceptors (Lipinski definition) is 3. The minimum Gasteiger partial charge on any atom is -0.481 e. The summed E-state index contributed by atoms with van der Waals surface area (Å²) in [5.74, 6) is 0.0990. The topological polar surface area (TPSA) is 57.6 Å². The highest BCUT2D eigenvalue weighted by atomic mass is 32.2. The van der Waals surface area contributed by atoms with Crippen molar-refractivity contribution in [1.82, 2.24) is 4.90 Å². The molecule has 1 amide bonds. The van der Waals surface area contributed by atoms with E-state index in [2.05, 4.69) is 0 Å². The van der Waals surface area contributed by atoms with Crippen molar-refractivity contribution in [3.05, 3.63) is 0 Å². The molecule has 0 spiro atoms. The Bertz CT molecular complexity index is 196. The summed E-state index contributed by atoms with van der Waals surface area (Å²) >= 11 is 1.63. The Hall–Kier alpha value is -0.710. The fraction of sp³-hybridized carbons (Fsp3) is 0.778. The number of nitrogens with zero attached hydrogens (tertiary/aromatic N) is 1. The number of rotatable bonds is 7. The molecule has 14 heavy (non-hydrogen) atoms. The van der Waals surface area contributed by atoms with Gasteiger partial charge in [0.05, 0.1) is 0 Å². The molecule has 0 aliphatic carbocycles. The highest BCUT2D eigenvalue weighted by Crippen LogP contribution is 2.00. The summed E-state index contributed by atoms with van der Waals surface area (Å²) in [6, 6.07) is 0. The second-order valence-electron chi connectivity index (χ2n) is 3.06. The lowest BCUT2D eigenvalue weighted by molar-refractivity contribution is -0.138. The van der Waals surface area contributed by atoms with Gasteiger partial charge in [-0.25, -0.2) is 0 Å². The Kier molecular flexibility index (Phi) is 7.28. The van der Waals surface area contributed by atoms with Gasteiger partial charge in [0.1, 0.15) is 0 Å². The highest BCUT2D eigenvalue weighted by molar-refractivity contribution is 7.98. The number of amides is 1. The van der Waals surface area contributed by atoms with Gasteiger partial charge in [0.25, 0.3) is 0 Å². The lowest BCUT2D eigenvalue weighted by atomic mass is 10.3. The number of carbonyl (C=O) groups excluding carboxylic acids is 1. The van der Waals surface area contributed by atoms with Gasteiger partial charge in [-0.1, -0.05) is 0 Å². The van der Waals surface area contributed by atoms with Crippen LogP contribution in [0.1, 0.15) is 19.3 Å². The number of carbonyl (C=O) groups is 2. The van der Waals surface area contributed by atoms with Crippen molar-refractivity contribution in [3.8, 4) is 0 Å². The van der Waals surface area contributed by atoms with Crippen molar-refractivity contribution < 1.29 is 14.7 Å². The molecule has 0 aromatic rings. The van der Waals surface area contributed by atoms with E-state index >= 15 is 0 Å². The molecule has 0 aliphatic heterocycles. The van der Waals surface area contributed by atoms with Gasteiger partial charge in [-0.15, -0.1) is 0 Å². The summed E-state index contributed by atoms with van der Waals surface area (Å²) in [5.41, 5.74) is 0. The molecular formula is C9H17NO3S. The molecule has 0 rings (SSSR count). The predicted octanol–water partition coefficient (Wildman–Crippen LogP) is 1.06. The van der Waals surface area contributed by atoms with Crippen LogP contribution in [0.15, 0.2) is 0 Å². The minimum absolute atomic E-state index is 0.0877. The lowest BCUT2D eigenvalue weighted by Crippen LogP contribution is -2.28. The first kappa shape index (κ1) is 13.3. The first-order valence-corrected chi connectivity index (χ1v) is 5.92. The lowest BCUT2D eigenvalue weighted by Gasteiger charge is -2.16. The fourth-order valence-electron chi connectivity index (χ4n) is 0.972. The van der Waals surface area contributed by atoms with Crippen LogP contribution in [0.5, 0.6) is 0 Å². The van der Waals surface area contributed by atoms with Crippen molar-refractivity contribution in [2.45, 2.75) is 19.3 Å². The molecule has 1 N–H and O–H groups in total. The monoisotopic (exact) mass is 219 g/mol. The molecule has 0 heterocycles. The molecule has 0 bridgehead atoms. The van der Waals surface area contributed by atoms with Crippen LogP contribution in [0.2, 0.25) is 0 Å². The molecule has 0 aliphatic rings. The fourth-order valence-corrected chi connectivity index (χ4v) is 1.35. The summed E-state index contributed by atoms with van der Waals surface area (Å²) in [4.78, 5) is 23.2. The summed E-state index contributed by atoms with van der Waals surface area (Å²) in [6.45, 7) is 0.527. The second kappa shape index (κ2) is 7.67. The number of hydrogen-bond donors (Lipinski definition) is 1. The van der Waals surface area contributed by atoms with Crippen LogP contribution >= 0.6 is 11.8 Å². The van der Waals surface area contributed by atoms with Gasteiger partial charge in [-0.05, 0) is 12.7 Å². The van der Waals surface area contributed by atoms with Gasteiger partial charge >= 0.3 is 5.97 Å². The van der Waals surface area contributed by atoms with E-state index < -0.39 is 5.97 Å². The zero-order chi connectivity index (χ0) is 11.0. The smallest absolute Gasteiger partial charge is 0.303 e. The first-order valence-electron chi connectivity index (χ1n) is 4.52. The Morgan fingerprint density at radius 3 is 2.50 bits per heavy atom. The number of thioether (sulfide) groups is 1. The maximum atomic E-state index is 11.3. The zero-order valence-corrected chi connectivity index (χ0v) is 9.47. The third-order valence-corrected chi connectivity index (χ3v) is 2.44. The second-order valence-corrected chi connectivity index (χ2v) is 4.04. The molecule has 4 nitrogen and oxygen atoms in total. The van der Waals surface area contributed by atoms with Crippen molar-refractivity contribution in [2.75, 3.05) is 25.6 Å². The SMILES string of the molecule is CSCCC(=O)N(C)CCCC(=O)O. The standard InChI is InChI=1S/C9H17NO3S/c1-10(6-3-4-9(12)13)8(11)5-7-14-2/h3-7H2,1-2H3,(H,12,13). The Balaban J connectivity index is 3.56. The van der Waals surface area contributed by atoms with E-state index in [-0.39, 0.29) is 12.3 Å². The van der Waals surface area contributed by atoms with Crippen molar-refractivity contribution in [1.29, 1.82) is 0 Å². The largest absolute Gasteiger partial charge is 0.481 e. The normalized spacial score (nSPS) is 9.86. The molecule has 0 saturated carbocycles. The van der Waals surface area contributed by atoms with Gasteiger partial charge in [-0.3, -0.25) is 9.59 Å². The van der Waals surface area contributed by atoms with Gasteiger partial charge in [-0.2, -0.15) is 11.8 Å². The summed E-state index contributed by atoms with van der Waals surface area (Å²) in [6.07, 6.45) is 3.14. The molecule has 0 radical (unpaired) electrons. The molecule has 0 fully saturated rings. The first-order chi connectivity index (χ1) is 6.57. The van der Waals surface area contributed by atoms with Gasteiger partial charge in [0.15, 0.2) is 0 Å². The van der Waals surface area contributed by atoms with Crippen molar-refractivity contribution in [3.63, 3.8) is 0 Å². The van der Waals surface area contributed by atoms with Gasteiger partial charge in [0.2, 0.25) is 5.91 Å². The third kappa shape index (κ3) is 6.77. The maximum Gasteiger partial charge on any atom is 0.303 e. The van der Waals surface area contributed by atoms with E-state index in [1.54, 1.807) is 23.7 Å². The van der Waals surface area contributed by atoms with Crippen LogP contribution in [0.4, 0.5) is 0 Å². The molecular weight excluding hydrogens is 202 g/mol. The molecule has 0 unspecified atom stereocenters.